The Morgan fingerprint density at radius 3 is 2.50 bits per heavy atom. The number of fused-ring (bicyclic) bond motifs is 1. The number of pyridine rings is 1. The van der Waals surface area contributed by atoms with Crippen molar-refractivity contribution in [3.63, 3.8) is 0 Å². The van der Waals surface area contributed by atoms with Crippen molar-refractivity contribution in [3.8, 4) is 0 Å². The van der Waals surface area contributed by atoms with Gasteiger partial charge in [-0.25, -0.2) is 4.31 Å². The second-order valence-corrected chi connectivity index (χ2v) is 12.4. The van der Waals surface area contributed by atoms with Crippen LogP contribution in [0.1, 0.15) is 51.2 Å². The van der Waals surface area contributed by atoms with Gasteiger partial charge >= 0.3 is 0 Å². The normalized spacial score (nSPS) is 20.3. The molecule has 1 saturated heterocycles. The third-order valence-electron chi connectivity index (χ3n) is 7.13. The molecule has 2 aromatic rings. The minimum Gasteiger partial charge on any atom is -0.348 e. The van der Waals surface area contributed by atoms with E-state index in [0.717, 1.165) is 30.4 Å². The Bertz CT molecular complexity index is 1230. The van der Waals surface area contributed by atoms with E-state index in [0.29, 0.717) is 61.5 Å². The zero-order chi connectivity index (χ0) is 25.4. The largest absolute Gasteiger partial charge is 0.348 e. The minimum atomic E-state index is -2.74. The zero-order valence-corrected chi connectivity index (χ0v) is 21.6. The third kappa shape index (κ3) is 5.33. The number of rotatable bonds is 8. The van der Waals surface area contributed by atoms with Gasteiger partial charge in [0.25, 0.3) is 17.4 Å². The predicted molar refractivity (Wildman–Crippen MR) is 140 cm³/mol. The van der Waals surface area contributed by atoms with E-state index in [2.05, 4.69) is 5.32 Å². The van der Waals surface area contributed by atoms with Crippen molar-refractivity contribution in [2.75, 3.05) is 31.9 Å². The molecular weight excluding hydrogens is 504 g/mol. The molecule has 0 bridgehead atoms. The summed E-state index contributed by atoms with van der Waals surface area (Å²) in [4.78, 5) is 41.5. The molecule has 36 heavy (non-hydrogen) atoms. The van der Waals surface area contributed by atoms with Crippen LogP contribution >= 0.6 is 22.4 Å². The maximum absolute atomic E-state index is 13.5. The van der Waals surface area contributed by atoms with Gasteiger partial charge in [0.2, 0.25) is 0 Å². The third-order valence-corrected chi connectivity index (χ3v) is 9.41. The van der Waals surface area contributed by atoms with Gasteiger partial charge in [-0.15, -0.1) is 10.8 Å². The number of nitrogens with zero attached hydrogens (tertiary/aromatic N) is 3. The fourth-order valence-electron chi connectivity index (χ4n) is 4.91. The SMILES string of the molecule is O=C(NCc1ccc(Cl)cc1)c1cc(CC2CC2)c2n(c1=O)CCN(CCN1CCCS1(O)O)C2=O. The van der Waals surface area contributed by atoms with E-state index in [9.17, 15) is 23.5 Å². The highest BCUT2D eigenvalue weighted by atomic mass is 35.5. The van der Waals surface area contributed by atoms with Crippen LogP contribution in [0.5, 0.6) is 0 Å². The number of hydrogen-bond donors (Lipinski definition) is 3. The Morgan fingerprint density at radius 2 is 1.83 bits per heavy atom. The Kier molecular flexibility index (Phi) is 7.15. The molecule has 3 aliphatic rings. The molecule has 5 rings (SSSR count). The number of hydrogen-bond acceptors (Lipinski definition) is 6. The van der Waals surface area contributed by atoms with Gasteiger partial charge in [0, 0.05) is 44.3 Å². The highest BCUT2D eigenvalue weighted by Gasteiger charge is 2.34. The molecule has 2 aliphatic heterocycles. The predicted octanol–water partition coefficient (Wildman–Crippen LogP) is 3.21. The Balaban J connectivity index is 1.36. The molecule has 0 spiro atoms. The number of carbonyl (C=O) groups is 2. The molecule has 9 nitrogen and oxygen atoms in total. The van der Waals surface area contributed by atoms with E-state index in [1.807, 2.05) is 12.1 Å². The highest BCUT2D eigenvalue weighted by molar-refractivity contribution is 8.22. The maximum atomic E-state index is 13.5. The summed E-state index contributed by atoms with van der Waals surface area (Å²) in [6.45, 7) is 2.22. The lowest BCUT2D eigenvalue weighted by atomic mass is 10.0. The Morgan fingerprint density at radius 1 is 1.08 bits per heavy atom. The van der Waals surface area contributed by atoms with Crippen LogP contribution in [-0.4, -0.2) is 66.6 Å². The Labute approximate surface area is 216 Å². The molecule has 1 saturated carbocycles. The van der Waals surface area contributed by atoms with Crippen molar-refractivity contribution in [3.05, 3.63) is 68.1 Å². The fourth-order valence-corrected chi connectivity index (χ4v) is 6.60. The molecule has 194 valence electrons. The Hall–Kier alpha value is -2.37. The molecule has 1 aliphatic carbocycles. The molecule has 3 N–H and O–H groups in total. The molecule has 3 heterocycles. The van der Waals surface area contributed by atoms with E-state index in [4.69, 9.17) is 11.6 Å². The van der Waals surface area contributed by atoms with Gasteiger partial charge in [0.15, 0.2) is 0 Å². The second kappa shape index (κ2) is 10.2. The molecule has 0 radical (unpaired) electrons. The van der Waals surface area contributed by atoms with Crippen LogP contribution in [0.3, 0.4) is 0 Å². The summed E-state index contributed by atoms with van der Waals surface area (Å²) < 4.78 is 23.5. The first-order chi connectivity index (χ1) is 17.2. The first-order valence-electron chi connectivity index (χ1n) is 12.3. The first-order valence-corrected chi connectivity index (χ1v) is 14.4. The van der Waals surface area contributed by atoms with Crippen molar-refractivity contribution in [2.24, 2.45) is 5.92 Å². The van der Waals surface area contributed by atoms with Crippen LogP contribution in [0.25, 0.3) is 0 Å². The molecule has 11 heteroatoms. The number of amides is 2. The van der Waals surface area contributed by atoms with Crippen LogP contribution in [-0.2, 0) is 19.5 Å². The minimum absolute atomic E-state index is 0.0515. The molecular formula is C25H31ClN4O5S. The van der Waals surface area contributed by atoms with E-state index in [-0.39, 0.29) is 18.0 Å². The molecule has 2 amide bonds. The quantitative estimate of drug-likeness (QED) is 0.479. The van der Waals surface area contributed by atoms with Gasteiger partial charge in [-0.2, -0.15) is 0 Å². The van der Waals surface area contributed by atoms with Gasteiger partial charge in [-0.3, -0.25) is 23.5 Å². The summed E-state index contributed by atoms with van der Waals surface area (Å²) in [5.41, 5.74) is 1.55. The van der Waals surface area contributed by atoms with Crippen LogP contribution in [0.2, 0.25) is 5.02 Å². The van der Waals surface area contributed by atoms with Gasteiger partial charge in [0.05, 0.1) is 5.75 Å². The summed E-state index contributed by atoms with van der Waals surface area (Å²) in [5, 5.41) is 3.42. The average molecular weight is 535 g/mol. The van der Waals surface area contributed by atoms with Crippen molar-refractivity contribution in [2.45, 2.75) is 38.8 Å². The van der Waals surface area contributed by atoms with E-state index < -0.39 is 22.2 Å². The molecule has 1 aromatic carbocycles. The summed E-state index contributed by atoms with van der Waals surface area (Å²) in [7, 11) is -2.74. The number of aromatic nitrogens is 1. The van der Waals surface area contributed by atoms with Crippen molar-refractivity contribution < 1.29 is 18.7 Å². The van der Waals surface area contributed by atoms with Gasteiger partial charge < -0.3 is 14.8 Å². The summed E-state index contributed by atoms with van der Waals surface area (Å²) in [6, 6.07) is 8.72. The van der Waals surface area contributed by atoms with Crippen LogP contribution in [0.4, 0.5) is 0 Å². The number of nitrogens with one attached hydrogen (secondary N) is 1. The van der Waals surface area contributed by atoms with Crippen LogP contribution in [0.15, 0.2) is 35.1 Å². The van der Waals surface area contributed by atoms with Crippen molar-refractivity contribution >= 4 is 34.2 Å². The average Bonchev–Trinajstić information content (AvgIpc) is 3.60. The smallest absolute Gasteiger partial charge is 0.270 e. The lowest BCUT2D eigenvalue weighted by Gasteiger charge is -2.38. The fraction of sp³-hybridized carbons (Fsp3) is 0.480. The summed E-state index contributed by atoms with van der Waals surface area (Å²) >= 11 is 5.92. The zero-order valence-electron chi connectivity index (χ0n) is 20.0. The van der Waals surface area contributed by atoms with E-state index in [1.54, 1.807) is 27.4 Å². The summed E-state index contributed by atoms with van der Waals surface area (Å²) in [5.74, 6) is 0.125. The molecule has 0 atom stereocenters. The maximum Gasteiger partial charge on any atom is 0.270 e. The van der Waals surface area contributed by atoms with Gasteiger partial charge in [-0.05, 0) is 60.9 Å². The lowest BCUT2D eigenvalue weighted by Crippen LogP contribution is -2.48. The van der Waals surface area contributed by atoms with E-state index >= 15 is 0 Å². The number of benzene rings is 1. The van der Waals surface area contributed by atoms with Crippen LogP contribution < -0.4 is 10.9 Å². The monoisotopic (exact) mass is 534 g/mol. The lowest BCUT2D eigenvalue weighted by molar-refractivity contribution is 0.0688. The topological polar surface area (TPSA) is 115 Å². The first kappa shape index (κ1) is 25.3. The summed E-state index contributed by atoms with van der Waals surface area (Å²) in [6.07, 6.45) is 3.52. The van der Waals surface area contributed by atoms with E-state index in [1.165, 1.54) is 4.57 Å². The van der Waals surface area contributed by atoms with Crippen LogP contribution in [0, 0.1) is 5.92 Å². The van der Waals surface area contributed by atoms with Crippen molar-refractivity contribution in [1.29, 1.82) is 0 Å². The second-order valence-electron chi connectivity index (χ2n) is 9.76. The van der Waals surface area contributed by atoms with Gasteiger partial charge in [0.1, 0.15) is 11.3 Å². The van der Waals surface area contributed by atoms with Gasteiger partial charge in [-0.1, -0.05) is 23.7 Å². The standard InChI is InChI=1S/C25H31ClN4O5S/c26-20-6-4-18(5-7-20)16-27-23(31)21-15-19(14-17-2-3-17)22-25(33)28(10-12-30(22)24(21)32)9-11-29-8-1-13-36(29,34)35/h4-7,15,17,34-35H,1-3,8-14,16H2,(H,27,31). The molecule has 0 unspecified atom stereocenters. The molecule has 1 aromatic heterocycles. The molecule has 2 fully saturated rings. The number of halogens is 1. The highest BCUT2D eigenvalue weighted by Crippen LogP contribution is 2.48. The van der Waals surface area contributed by atoms with Crippen molar-refractivity contribution in [1.82, 2.24) is 19.1 Å². The number of carbonyl (C=O) groups excluding carboxylic acids is 2.